The van der Waals surface area contributed by atoms with E-state index in [0.717, 1.165) is 31.0 Å². The second-order valence-electron chi connectivity index (χ2n) is 7.60. The first-order chi connectivity index (χ1) is 14.6. The smallest absolute Gasteiger partial charge is 0.241 e. The summed E-state index contributed by atoms with van der Waals surface area (Å²) in [5, 5.41) is 3.38. The molecule has 0 spiro atoms. The van der Waals surface area contributed by atoms with Crippen LogP contribution in [0.4, 0.5) is 16.0 Å². The Morgan fingerprint density at radius 3 is 2.77 bits per heavy atom. The molecule has 0 radical (unpaired) electrons. The van der Waals surface area contributed by atoms with Crippen molar-refractivity contribution in [1.29, 1.82) is 0 Å². The molecule has 0 bridgehead atoms. The van der Waals surface area contributed by atoms with Gasteiger partial charge in [-0.05, 0) is 17.7 Å². The molecule has 2 fully saturated rings. The molecular weight excluding hydrogens is 387 g/mol. The molecule has 0 saturated carbocycles. The lowest BCUT2D eigenvalue weighted by atomic mass is 10.0. The third kappa shape index (κ3) is 4.85. The summed E-state index contributed by atoms with van der Waals surface area (Å²) >= 11 is 0. The summed E-state index contributed by atoms with van der Waals surface area (Å²) in [6.45, 7) is 5.21. The predicted molar refractivity (Wildman–Crippen MR) is 112 cm³/mol. The van der Waals surface area contributed by atoms with Gasteiger partial charge in [-0.15, -0.1) is 0 Å². The third-order valence-corrected chi connectivity index (χ3v) is 5.63. The Labute approximate surface area is 175 Å². The Bertz CT molecular complexity index is 876. The van der Waals surface area contributed by atoms with E-state index in [2.05, 4.69) is 20.2 Å². The summed E-state index contributed by atoms with van der Waals surface area (Å²) in [6.07, 6.45) is 1.51. The van der Waals surface area contributed by atoms with Gasteiger partial charge < -0.3 is 19.9 Å². The summed E-state index contributed by atoms with van der Waals surface area (Å²) < 4.78 is 19.3. The zero-order valence-corrected chi connectivity index (χ0v) is 17.1. The number of anilines is 2. The number of ether oxygens (including phenoxy) is 1. The van der Waals surface area contributed by atoms with E-state index < -0.39 is 0 Å². The number of morpholine rings is 1. The molecule has 160 valence electrons. The van der Waals surface area contributed by atoms with Crippen LogP contribution in [0.2, 0.25) is 0 Å². The number of piperazine rings is 1. The Kier molecular flexibility index (Phi) is 6.39. The van der Waals surface area contributed by atoms with Gasteiger partial charge in [0.1, 0.15) is 23.8 Å². The quantitative estimate of drug-likeness (QED) is 0.766. The Morgan fingerprint density at radius 1 is 1.17 bits per heavy atom. The summed E-state index contributed by atoms with van der Waals surface area (Å²) in [4.78, 5) is 26.7. The molecule has 1 N–H and O–H groups in total. The minimum Gasteiger partial charge on any atom is -0.379 e. The van der Waals surface area contributed by atoms with Crippen molar-refractivity contribution in [3.8, 4) is 0 Å². The highest BCUT2D eigenvalue weighted by atomic mass is 19.1. The van der Waals surface area contributed by atoms with Crippen molar-refractivity contribution in [2.75, 3.05) is 69.7 Å². The normalized spacial score (nSPS) is 19.1. The molecule has 1 atom stereocenters. The second kappa shape index (κ2) is 9.36. The van der Waals surface area contributed by atoms with Crippen molar-refractivity contribution < 1.29 is 13.9 Å². The summed E-state index contributed by atoms with van der Waals surface area (Å²) in [7, 11) is 1.81. The van der Waals surface area contributed by atoms with Gasteiger partial charge in [-0.1, -0.05) is 12.1 Å². The van der Waals surface area contributed by atoms with Crippen LogP contribution in [0.15, 0.2) is 36.7 Å². The molecular formula is C21H27FN6O2. The maximum Gasteiger partial charge on any atom is 0.241 e. The van der Waals surface area contributed by atoms with Crippen LogP contribution in [0.1, 0.15) is 11.6 Å². The average molecular weight is 414 g/mol. The number of hydrogen-bond donors (Lipinski definition) is 1. The van der Waals surface area contributed by atoms with Crippen LogP contribution in [0.3, 0.4) is 0 Å². The maximum atomic E-state index is 13.9. The molecule has 4 rings (SSSR count). The van der Waals surface area contributed by atoms with Crippen molar-refractivity contribution in [3.05, 3.63) is 48.0 Å². The van der Waals surface area contributed by atoms with Crippen molar-refractivity contribution in [2.45, 2.75) is 6.04 Å². The molecule has 3 heterocycles. The van der Waals surface area contributed by atoms with Gasteiger partial charge >= 0.3 is 0 Å². The van der Waals surface area contributed by atoms with E-state index in [9.17, 15) is 9.18 Å². The van der Waals surface area contributed by atoms with E-state index in [-0.39, 0.29) is 17.8 Å². The standard InChI is InChI=1S/C21H27FN6O2/c1-26-5-6-28(14-21(26)29)20-12-19(24-15-25-20)23-13-18(27-7-9-30-10-8-27)16-3-2-4-17(22)11-16/h2-4,11-12,15,18H,5-10,13-14H2,1H3,(H,23,24,25). The van der Waals surface area contributed by atoms with Crippen LogP contribution in [0, 0.1) is 5.82 Å². The first-order valence-corrected chi connectivity index (χ1v) is 10.2. The molecule has 2 saturated heterocycles. The van der Waals surface area contributed by atoms with Gasteiger partial charge in [0, 0.05) is 45.8 Å². The lowest BCUT2D eigenvalue weighted by molar-refractivity contribution is -0.129. The second-order valence-corrected chi connectivity index (χ2v) is 7.60. The fraction of sp³-hybridized carbons (Fsp3) is 0.476. The number of hydrogen-bond acceptors (Lipinski definition) is 7. The maximum absolute atomic E-state index is 13.9. The molecule has 9 heteroatoms. The van der Waals surface area contributed by atoms with Gasteiger partial charge in [0.05, 0.1) is 25.8 Å². The molecule has 30 heavy (non-hydrogen) atoms. The summed E-state index contributed by atoms with van der Waals surface area (Å²) in [5.74, 6) is 1.24. The minimum atomic E-state index is -0.241. The first-order valence-electron chi connectivity index (χ1n) is 10.2. The van der Waals surface area contributed by atoms with E-state index in [1.807, 2.05) is 24.1 Å². The van der Waals surface area contributed by atoms with Crippen molar-refractivity contribution in [2.24, 2.45) is 0 Å². The number of rotatable bonds is 6. The zero-order chi connectivity index (χ0) is 20.9. The number of nitrogens with one attached hydrogen (secondary N) is 1. The van der Waals surface area contributed by atoms with Crippen molar-refractivity contribution >= 4 is 17.5 Å². The molecule has 2 aliphatic rings. The number of aromatic nitrogens is 2. The largest absolute Gasteiger partial charge is 0.379 e. The highest BCUT2D eigenvalue weighted by Crippen LogP contribution is 2.24. The third-order valence-electron chi connectivity index (χ3n) is 5.63. The van der Waals surface area contributed by atoms with Gasteiger partial charge in [0.25, 0.3) is 0 Å². The summed E-state index contributed by atoms with van der Waals surface area (Å²) in [6, 6.07) is 8.59. The SMILES string of the molecule is CN1CCN(c2cc(NCC(c3cccc(F)c3)N3CCOCC3)ncn2)CC1=O. The van der Waals surface area contributed by atoms with Gasteiger partial charge in [-0.3, -0.25) is 9.69 Å². The highest BCUT2D eigenvalue weighted by Gasteiger charge is 2.24. The molecule has 1 aromatic heterocycles. The average Bonchev–Trinajstić information content (AvgIpc) is 2.77. The molecule has 2 aromatic rings. The summed E-state index contributed by atoms with van der Waals surface area (Å²) in [5.41, 5.74) is 0.920. The molecule has 1 unspecified atom stereocenters. The lowest BCUT2D eigenvalue weighted by Gasteiger charge is -2.35. The number of likely N-dealkylation sites (N-methyl/N-ethyl adjacent to an activating group) is 1. The Hall–Kier alpha value is -2.78. The highest BCUT2D eigenvalue weighted by molar-refractivity contribution is 5.82. The first kappa shape index (κ1) is 20.5. The Balaban J connectivity index is 1.47. The van der Waals surface area contributed by atoms with E-state index in [4.69, 9.17) is 4.74 Å². The number of nitrogens with zero attached hydrogens (tertiary/aromatic N) is 5. The van der Waals surface area contributed by atoms with Crippen molar-refractivity contribution in [1.82, 2.24) is 19.8 Å². The van der Waals surface area contributed by atoms with E-state index in [1.165, 1.54) is 12.4 Å². The molecule has 2 aliphatic heterocycles. The number of halogens is 1. The monoisotopic (exact) mass is 414 g/mol. The van der Waals surface area contributed by atoms with E-state index in [1.54, 1.807) is 17.0 Å². The molecule has 1 amide bonds. The molecule has 8 nitrogen and oxygen atoms in total. The number of amides is 1. The van der Waals surface area contributed by atoms with Gasteiger partial charge in [0.2, 0.25) is 5.91 Å². The van der Waals surface area contributed by atoms with Gasteiger partial charge in [-0.25, -0.2) is 14.4 Å². The molecule has 1 aromatic carbocycles. The topological polar surface area (TPSA) is 73.8 Å². The lowest BCUT2D eigenvalue weighted by Crippen LogP contribution is -2.48. The van der Waals surface area contributed by atoms with Crippen LogP contribution in [-0.2, 0) is 9.53 Å². The van der Waals surface area contributed by atoms with Crippen LogP contribution < -0.4 is 10.2 Å². The van der Waals surface area contributed by atoms with Crippen LogP contribution in [0.5, 0.6) is 0 Å². The number of carbonyl (C=O) groups is 1. The molecule has 0 aliphatic carbocycles. The van der Waals surface area contributed by atoms with E-state index in [0.29, 0.717) is 38.7 Å². The van der Waals surface area contributed by atoms with E-state index >= 15 is 0 Å². The van der Waals surface area contributed by atoms with Gasteiger partial charge in [-0.2, -0.15) is 0 Å². The van der Waals surface area contributed by atoms with Crippen LogP contribution in [0.25, 0.3) is 0 Å². The van der Waals surface area contributed by atoms with Gasteiger partial charge in [0.15, 0.2) is 0 Å². The number of carbonyl (C=O) groups excluding carboxylic acids is 1. The predicted octanol–water partition coefficient (Wildman–Crippen LogP) is 1.38. The van der Waals surface area contributed by atoms with Crippen LogP contribution in [-0.4, -0.2) is 85.2 Å². The zero-order valence-electron chi connectivity index (χ0n) is 17.1. The fourth-order valence-corrected chi connectivity index (χ4v) is 3.83. The number of benzene rings is 1. The fourth-order valence-electron chi connectivity index (χ4n) is 3.83. The van der Waals surface area contributed by atoms with Crippen LogP contribution >= 0.6 is 0 Å². The van der Waals surface area contributed by atoms with Crippen molar-refractivity contribution in [3.63, 3.8) is 0 Å². The minimum absolute atomic E-state index is 0.00627. The Morgan fingerprint density at radius 2 is 2.00 bits per heavy atom.